The SMILES string of the molecule is Cc1cc(C(=O)N2C[C@@]3(F)CCC[C@@]3(C(=O)O)C2)nn1-c1ccccc1F. The van der Waals surface area contributed by atoms with E-state index >= 15 is 4.39 Å². The molecule has 0 bridgehead atoms. The minimum absolute atomic E-state index is 0.0415. The lowest BCUT2D eigenvalue weighted by Crippen LogP contribution is -2.45. The zero-order valence-corrected chi connectivity index (χ0v) is 14.8. The predicted octanol–water partition coefficient (Wildman–Crippen LogP) is 2.74. The highest BCUT2D eigenvalue weighted by Crippen LogP contribution is 2.54. The fourth-order valence-corrected chi connectivity index (χ4v) is 4.39. The van der Waals surface area contributed by atoms with E-state index in [1.807, 2.05) is 0 Å². The van der Waals surface area contributed by atoms with Gasteiger partial charge in [0.05, 0.1) is 6.54 Å². The molecule has 142 valence electrons. The fourth-order valence-electron chi connectivity index (χ4n) is 4.39. The molecule has 0 spiro atoms. The third-order valence-corrected chi connectivity index (χ3v) is 5.82. The number of hydrogen-bond donors (Lipinski definition) is 1. The number of likely N-dealkylation sites (tertiary alicyclic amines) is 1. The summed E-state index contributed by atoms with van der Waals surface area (Å²) in [5.74, 6) is -2.22. The molecule has 0 unspecified atom stereocenters. The Morgan fingerprint density at radius 1 is 1.22 bits per heavy atom. The molecule has 0 radical (unpaired) electrons. The van der Waals surface area contributed by atoms with Crippen LogP contribution in [0.15, 0.2) is 30.3 Å². The number of hydrogen-bond acceptors (Lipinski definition) is 3. The summed E-state index contributed by atoms with van der Waals surface area (Å²) in [6.07, 6.45) is 0.836. The Balaban J connectivity index is 1.65. The maximum absolute atomic E-state index is 15.3. The number of carbonyl (C=O) groups excluding carboxylic acids is 1. The van der Waals surface area contributed by atoms with Crippen LogP contribution in [-0.2, 0) is 4.79 Å². The maximum Gasteiger partial charge on any atom is 0.314 e. The first-order chi connectivity index (χ1) is 12.8. The molecule has 6 nitrogen and oxygen atoms in total. The van der Waals surface area contributed by atoms with Crippen molar-refractivity contribution in [3.63, 3.8) is 0 Å². The summed E-state index contributed by atoms with van der Waals surface area (Å²) < 4.78 is 30.6. The first-order valence-electron chi connectivity index (χ1n) is 8.81. The molecule has 1 saturated carbocycles. The van der Waals surface area contributed by atoms with E-state index in [-0.39, 0.29) is 37.3 Å². The van der Waals surface area contributed by atoms with Crippen molar-refractivity contribution in [3.05, 3.63) is 47.5 Å². The monoisotopic (exact) mass is 375 g/mol. The van der Waals surface area contributed by atoms with Gasteiger partial charge in [-0.1, -0.05) is 12.1 Å². The van der Waals surface area contributed by atoms with E-state index in [0.717, 1.165) is 0 Å². The summed E-state index contributed by atoms with van der Waals surface area (Å²) in [6.45, 7) is 1.25. The average Bonchev–Trinajstić information content (AvgIpc) is 3.23. The molecule has 1 aliphatic carbocycles. The fraction of sp³-hybridized carbons (Fsp3) is 0.421. The number of alkyl halides is 1. The van der Waals surface area contributed by atoms with Crippen LogP contribution in [-0.4, -0.2) is 50.4 Å². The molecule has 2 aromatic rings. The number of aryl methyl sites for hydroxylation is 1. The van der Waals surface area contributed by atoms with Crippen LogP contribution in [0.2, 0.25) is 0 Å². The minimum atomic E-state index is -1.92. The molecule has 4 rings (SSSR count). The molecule has 1 aromatic heterocycles. The highest BCUT2D eigenvalue weighted by molar-refractivity contribution is 5.94. The number of fused-ring (bicyclic) bond motifs is 1. The Hall–Kier alpha value is -2.77. The van der Waals surface area contributed by atoms with Crippen molar-refractivity contribution < 1.29 is 23.5 Å². The second-order valence-electron chi connectivity index (χ2n) is 7.40. The Bertz CT molecular complexity index is 944. The van der Waals surface area contributed by atoms with Gasteiger partial charge in [-0.15, -0.1) is 0 Å². The number of halogens is 2. The Morgan fingerprint density at radius 2 is 1.96 bits per heavy atom. The van der Waals surface area contributed by atoms with Crippen LogP contribution in [0.25, 0.3) is 5.69 Å². The van der Waals surface area contributed by atoms with Gasteiger partial charge >= 0.3 is 5.97 Å². The summed E-state index contributed by atoms with van der Waals surface area (Å²) in [6, 6.07) is 7.55. The van der Waals surface area contributed by atoms with Gasteiger partial charge in [-0.2, -0.15) is 5.10 Å². The van der Waals surface area contributed by atoms with Crippen molar-refractivity contribution in [1.82, 2.24) is 14.7 Å². The quantitative estimate of drug-likeness (QED) is 0.895. The number of aliphatic carboxylic acids is 1. The maximum atomic E-state index is 15.3. The molecular weight excluding hydrogens is 356 g/mol. The van der Waals surface area contributed by atoms with Gasteiger partial charge in [0.1, 0.15) is 22.6 Å². The van der Waals surface area contributed by atoms with E-state index in [1.54, 1.807) is 25.1 Å². The standard InChI is InChI=1S/C19H19F2N3O3/c1-12-9-14(22-24(12)15-6-3-2-5-13(15)20)16(25)23-10-18(17(26)27)7-4-8-19(18,21)11-23/h2-3,5-6,9H,4,7-8,10-11H2,1H3,(H,26,27)/t18-,19-/m0/s1. The number of rotatable bonds is 3. The second kappa shape index (κ2) is 5.87. The van der Waals surface area contributed by atoms with Gasteiger partial charge in [-0.3, -0.25) is 9.59 Å². The molecule has 1 N–H and O–H groups in total. The minimum Gasteiger partial charge on any atom is -0.481 e. The van der Waals surface area contributed by atoms with Crippen LogP contribution < -0.4 is 0 Å². The van der Waals surface area contributed by atoms with Crippen molar-refractivity contribution in [2.45, 2.75) is 31.9 Å². The molecule has 1 aromatic carbocycles. The van der Waals surface area contributed by atoms with Crippen LogP contribution in [0.4, 0.5) is 8.78 Å². The molecule has 2 aliphatic rings. The topological polar surface area (TPSA) is 75.4 Å². The van der Waals surface area contributed by atoms with Gasteiger partial charge in [-0.25, -0.2) is 13.5 Å². The number of carboxylic acid groups (broad SMARTS) is 1. The van der Waals surface area contributed by atoms with Gasteiger partial charge in [-0.05, 0) is 44.4 Å². The zero-order valence-electron chi connectivity index (χ0n) is 14.8. The Labute approximate surface area is 154 Å². The predicted molar refractivity (Wildman–Crippen MR) is 91.9 cm³/mol. The largest absolute Gasteiger partial charge is 0.481 e. The van der Waals surface area contributed by atoms with E-state index < -0.39 is 28.8 Å². The molecule has 27 heavy (non-hydrogen) atoms. The van der Waals surface area contributed by atoms with Crippen molar-refractivity contribution in [1.29, 1.82) is 0 Å². The number of carbonyl (C=O) groups is 2. The molecule has 1 saturated heterocycles. The lowest BCUT2D eigenvalue weighted by Gasteiger charge is -2.27. The number of aromatic nitrogens is 2. The second-order valence-corrected chi connectivity index (χ2v) is 7.40. The zero-order chi connectivity index (χ0) is 19.4. The van der Waals surface area contributed by atoms with Gasteiger partial charge in [0.2, 0.25) is 0 Å². The third-order valence-electron chi connectivity index (χ3n) is 5.82. The van der Waals surface area contributed by atoms with Crippen molar-refractivity contribution in [2.75, 3.05) is 13.1 Å². The first kappa shape index (κ1) is 17.6. The summed E-state index contributed by atoms with van der Waals surface area (Å²) >= 11 is 0. The van der Waals surface area contributed by atoms with E-state index in [2.05, 4.69) is 5.10 Å². The summed E-state index contributed by atoms with van der Waals surface area (Å²) in [5, 5.41) is 13.8. The van der Waals surface area contributed by atoms with Crippen LogP contribution in [0.3, 0.4) is 0 Å². The molecular formula is C19H19F2N3O3. The molecule has 1 amide bonds. The summed E-state index contributed by atoms with van der Waals surface area (Å²) in [7, 11) is 0. The van der Waals surface area contributed by atoms with Crippen LogP contribution >= 0.6 is 0 Å². The number of carboxylic acids is 1. The van der Waals surface area contributed by atoms with E-state index in [0.29, 0.717) is 12.1 Å². The number of nitrogens with zero attached hydrogens (tertiary/aromatic N) is 3. The van der Waals surface area contributed by atoms with Crippen LogP contribution in [0, 0.1) is 18.2 Å². The Kier molecular flexibility index (Phi) is 3.83. The highest BCUT2D eigenvalue weighted by Gasteiger charge is 2.67. The van der Waals surface area contributed by atoms with Gasteiger partial charge in [0.15, 0.2) is 5.69 Å². The highest BCUT2D eigenvalue weighted by atomic mass is 19.1. The molecule has 2 heterocycles. The lowest BCUT2D eigenvalue weighted by atomic mass is 9.78. The average molecular weight is 375 g/mol. The van der Waals surface area contributed by atoms with Crippen LogP contribution in [0.1, 0.15) is 35.4 Å². The van der Waals surface area contributed by atoms with Gasteiger partial charge < -0.3 is 10.0 Å². The van der Waals surface area contributed by atoms with Gasteiger partial charge in [0, 0.05) is 12.2 Å². The third kappa shape index (κ3) is 2.46. The smallest absolute Gasteiger partial charge is 0.314 e. The van der Waals surface area contributed by atoms with Gasteiger partial charge in [0.25, 0.3) is 5.91 Å². The number of para-hydroxylation sites is 1. The number of benzene rings is 1. The van der Waals surface area contributed by atoms with Crippen molar-refractivity contribution in [3.8, 4) is 5.69 Å². The van der Waals surface area contributed by atoms with E-state index in [4.69, 9.17) is 0 Å². The van der Waals surface area contributed by atoms with E-state index in [1.165, 1.54) is 21.7 Å². The summed E-state index contributed by atoms with van der Waals surface area (Å²) in [5.41, 5.74) is -2.68. The Morgan fingerprint density at radius 3 is 2.63 bits per heavy atom. The lowest BCUT2D eigenvalue weighted by molar-refractivity contribution is -0.153. The van der Waals surface area contributed by atoms with E-state index in [9.17, 15) is 19.1 Å². The molecule has 8 heteroatoms. The molecule has 2 fully saturated rings. The van der Waals surface area contributed by atoms with Crippen molar-refractivity contribution >= 4 is 11.9 Å². The number of amides is 1. The summed E-state index contributed by atoms with van der Waals surface area (Å²) in [4.78, 5) is 25.8. The molecule has 2 atom stereocenters. The van der Waals surface area contributed by atoms with Crippen molar-refractivity contribution in [2.24, 2.45) is 5.41 Å². The first-order valence-corrected chi connectivity index (χ1v) is 8.81. The van der Waals surface area contributed by atoms with Crippen LogP contribution in [0.5, 0.6) is 0 Å². The molecule has 1 aliphatic heterocycles. The normalized spacial score (nSPS) is 27.0.